The summed E-state index contributed by atoms with van der Waals surface area (Å²) in [5.41, 5.74) is 0. The lowest BCUT2D eigenvalue weighted by Crippen LogP contribution is -2.44. The normalized spacial score (nSPS) is 26.0. The molecule has 2 aliphatic heterocycles. The van der Waals surface area contributed by atoms with Crippen LogP contribution >= 0.6 is 0 Å². The lowest BCUT2D eigenvalue weighted by molar-refractivity contribution is -0.140. The van der Waals surface area contributed by atoms with Crippen LogP contribution in [0, 0.1) is 5.92 Å². The monoisotopic (exact) mass is 281 g/mol. The van der Waals surface area contributed by atoms with E-state index in [0.717, 1.165) is 26.2 Å². The van der Waals surface area contributed by atoms with Crippen LogP contribution in [-0.4, -0.2) is 59.9 Å². The molecule has 114 valence electrons. The van der Waals surface area contributed by atoms with E-state index < -0.39 is 0 Å². The third-order valence-corrected chi connectivity index (χ3v) is 4.51. The highest BCUT2D eigenvalue weighted by Crippen LogP contribution is 2.19. The molecule has 0 aromatic rings. The molecule has 5 heteroatoms. The lowest BCUT2D eigenvalue weighted by atomic mass is 9.96. The van der Waals surface area contributed by atoms with Gasteiger partial charge in [0.05, 0.1) is 12.5 Å². The average molecular weight is 281 g/mol. The summed E-state index contributed by atoms with van der Waals surface area (Å²) in [6.45, 7) is 10.3. The zero-order valence-electron chi connectivity index (χ0n) is 12.9. The van der Waals surface area contributed by atoms with Gasteiger partial charge in [0, 0.05) is 6.04 Å². The molecule has 1 unspecified atom stereocenters. The summed E-state index contributed by atoms with van der Waals surface area (Å²) >= 11 is 0. The largest absolute Gasteiger partial charge is 0.305 e. The fourth-order valence-corrected chi connectivity index (χ4v) is 3.17. The molecular weight excluding hydrogens is 254 g/mol. The van der Waals surface area contributed by atoms with Gasteiger partial charge in [-0.05, 0) is 58.8 Å². The smallest absolute Gasteiger partial charge is 0.247 e. The second-order valence-corrected chi connectivity index (χ2v) is 6.24. The van der Waals surface area contributed by atoms with Gasteiger partial charge < -0.3 is 10.2 Å². The van der Waals surface area contributed by atoms with E-state index in [-0.39, 0.29) is 23.9 Å². The van der Waals surface area contributed by atoms with Crippen molar-refractivity contribution in [3.8, 4) is 0 Å². The highest BCUT2D eigenvalue weighted by Gasteiger charge is 2.39. The number of hydrogen-bond acceptors (Lipinski definition) is 4. The molecule has 0 radical (unpaired) electrons. The van der Waals surface area contributed by atoms with Crippen LogP contribution in [0.25, 0.3) is 0 Å². The Kier molecular flexibility index (Phi) is 5.16. The third kappa shape index (κ3) is 3.38. The lowest BCUT2D eigenvalue weighted by Gasteiger charge is -2.31. The number of carbonyl (C=O) groups is 2. The quantitative estimate of drug-likeness (QED) is 0.759. The Morgan fingerprint density at radius 1 is 1.25 bits per heavy atom. The number of piperidine rings is 1. The van der Waals surface area contributed by atoms with Crippen molar-refractivity contribution in [2.24, 2.45) is 5.92 Å². The van der Waals surface area contributed by atoms with Crippen molar-refractivity contribution in [1.29, 1.82) is 0 Å². The molecule has 20 heavy (non-hydrogen) atoms. The van der Waals surface area contributed by atoms with Crippen molar-refractivity contribution in [3.05, 3.63) is 0 Å². The molecule has 2 aliphatic rings. The Morgan fingerprint density at radius 3 is 2.40 bits per heavy atom. The fraction of sp³-hybridized carbons (Fsp3) is 0.867. The highest BCUT2D eigenvalue weighted by molar-refractivity contribution is 6.05. The van der Waals surface area contributed by atoms with Crippen LogP contribution in [-0.2, 0) is 9.59 Å². The van der Waals surface area contributed by atoms with E-state index in [4.69, 9.17) is 0 Å². The number of hydrogen-bond donors (Lipinski definition) is 1. The second kappa shape index (κ2) is 6.68. The van der Waals surface area contributed by atoms with Crippen LogP contribution in [0.1, 0.15) is 40.0 Å². The van der Waals surface area contributed by atoms with E-state index >= 15 is 0 Å². The second-order valence-electron chi connectivity index (χ2n) is 6.24. The van der Waals surface area contributed by atoms with Gasteiger partial charge in [-0.3, -0.25) is 14.5 Å². The van der Waals surface area contributed by atoms with E-state index in [0.29, 0.717) is 12.3 Å². The molecule has 1 atom stereocenters. The Bertz CT molecular complexity index is 362. The maximum atomic E-state index is 12.2. The maximum absolute atomic E-state index is 12.2. The standard InChI is InChI=1S/C15H27N3O2/c1-4-17-7-5-12(6-8-17)10-16-13-9-14(19)18(11(2)3)15(13)20/h11-13,16H,4-10H2,1-3H3. The molecule has 0 bridgehead atoms. The van der Waals surface area contributed by atoms with E-state index in [1.807, 2.05) is 13.8 Å². The van der Waals surface area contributed by atoms with E-state index in [9.17, 15) is 9.59 Å². The molecule has 0 saturated carbocycles. The van der Waals surface area contributed by atoms with Gasteiger partial charge >= 0.3 is 0 Å². The van der Waals surface area contributed by atoms with E-state index in [1.54, 1.807) is 0 Å². The SMILES string of the molecule is CCN1CCC(CNC2CC(=O)N(C(C)C)C2=O)CC1. The summed E-state index contributed by atoms with van der Waals surface area (Å²) in [6, 6.07) is -0.330. The molecule has 2 rings (SSSR count). The van der Waals surface area contributed by atoms with E-state index in [1.165, 1.54) is 17.7 Å². The first-order chi connectivity index (χ1) is 9.52. The van der Waals surface area contributed by atoms with Gasteiger partial charge in [-0.25, -0.2) is 0 Å². The summed E-state index contributed by atoms with van der Waals surface area (Å²) < 4.78 is 0. The van der Waals surface area contributed by atoms with Crippen LogP contribution in [0.2, 0.25) is 0 Å². The maximum Gasteiger partial charge on any atom is 0.247 e. The molecule has 5 nitrogen and oxygen atoms in total. The molecule has 0 aromatic carbocycles. The van der Waals surface area contributed by atoms with Gasteiger partial charge in [-0.15, -0.1) is 0 Å². The number of nitrogens with one attached hydrogen (secondary N) is 1. The number of nitrogens with zero attached hydrogens (tertiary/aromatic N) is 2. The minimum Gasteiger partial charge on any atom is -0.305 e. The average Bonchev–Trinajstić information content (AvgIpc) is 2.71. The van der Waals surface area contributed by atoms with Crippen LogP contribution in [0.5, 0.6) is 0 Å². The van der Waals surface area contributed by atoms with Crippen molar-refractivity contribution in [2.75, 3.05) is 26.2 Å². The minimum atomic E-state index is -0.297. The van der Waals surface area contributed by atoms with Crippen LogP contribution in [0.4, 0.5) is 0 Å². The van der Waals surface area contributed by atoms with Gasteiger partial charge in [0.15, 0.2) is 0 Å². The van der Waals surface area contributed by atoms with Gasteiger partial charge in [-0.1, -0.05) is 6.92 Å². The highest BCUT2D eigenvalue weighted by atomic mass is 16.2. The first-order valence-corrected chi connectivity index (χ1v) is 7.84. The number of rotatable bonds is 5. The molecule has 0 aromatic heterocycles. The summed E-state index contributed by atoms with van der Waals surface area (Å²) in [4.78, 5) is 27.9. The van der Waals surface area contributed by atoms with Gasteiger partial charge in [0.25, 0.3) is 0 Å². The zero-order chi connectivity index (χ0) is 14.7. The van der Waals surface area contributed by atoms with Crippen molar-refractivity contribution in [1.82, 2.24) is 15.1 Å². The minimum absolute atomic E-state index is 0.0328. The van der Waals surface area contributed by atoms with Crippen molar-refractivity contribution in [3.63, 3.8) is 0 Å². The molecule has 0 aliphatic carbocycles. The Labute approximate surface area is 121 Å². The number of imide groups is 1. The molecular formula is C15H27N3O2. The molecule has 2 saturated heterocycles. The Morgan fingerprint density at radius 2 is 1.90 bits per heavy atom. The van der Waals surface area contributed by atoms with Gasteiger partial charge in [-0.2, -0.15) is 0 Å². The van der Waals surface area contributed by atoms with Gasteiger partial charge in [0.1, 0.15) is 0 Å². The summed E-state index contributed by atoms with van der Waals surface area (Å²) in [5, 5.41) is 3.32. The van der Waals surface area contributed by atoms with Crippen LogP contribution in [0.3, 0.4) is 0 Å². The Balaban J connectivity index is 1.78. The zero-order valence-corrected chi connectivity index (χ0v) is 12.9. The van der Waals surface area contributed by atoms with Crippen molar-refractivity contribution < 1.29 is 9.59 Å². The predicted molar refractivity (Wildman–Crippen MR) is 78.2 cm³/mol. The van der Waals surface area contributed by atoms with Crippen LogP contribution in [0.15, 0.2) is 0 Å². The Hall–Kier alpha value is -0.940. The predicted octanol–water partition coefficient (Wildman–Crippen LogP) is 0.844. The first kappa shape index (κ1) is 15.4. The number of carbonyl (C=O) groups excluding carboxylic acids is 2. The number of likely N-dealkylation sites (tertiary alicyclic amines) is 2. The molecule has 2 heterocycles. The van der Waals surface area contributed by atoms with Gasteiger partial charge in [0.2, 0.25) is 11.8 Å². The third-order valence-electron chi connectivity index (χ3n) is 4.51. The summed E-state index contributed by atoms with van der Waals surface area (Å²) in [5.74, 6) is 0.549. The molecule has 1 N–H and O–H groups in total. The topological polar surface area (TPSA) is 52.7 Å². The summed E-state index contributed by atoms with van der Waals surface area (Å²) in [6.07, 6.45) is 2.69. The number of amides is 2. The van der Waals surface area contributed by atoms with Crippen LogP contribution < -0.4 is 5.32 Å². The summed E-state index contributed by atoms with van der Waals surface area (Å²) in [7, 11) is 0. The molecule has 2 fully saturated rings. The van der Waals surface area contributed by atoms with E-state index in [2.05, 4.69) is 17.1 Å². The van der Waals surface area contributed by atoms with Crippen molar-refractivity contribution >= 4 is 11.8 Å². The van der Waals surface area contributed by atoms with Crippen molar-refractivity contribution in [2.45, 2.75) is 52.1 Å². The molecule has 0 spiro atoms. The fourth-order valence-electron chi connectivity index (χ4n) is 3.17. The molecule has 2 amide bonds. The first-order valence-electron chi connectivity index (χ1n) is 7.84.